The third-order valence-electron chi connectivity index (χ3n) is 4.03. The molecule has 1 unspecified atom stereocenters. The number of nitrogens with zero attached hydrogens (tertiary/aromatic N) is 2. The minimum absolute atomic E-state index is 0.0130. The normalized spacial score (nSPS) is 12.2. The van der Waals surface area contributed by atoms with Crippen LogP contribution in [0.5, 0.6) is 0 Å². The van der Waals surface area contributed by atoms with Crippen LogP contribution in [0.3, 0.4) is 0 Å². The molecule has 2 N–H and O–H groups in total. The molecule has 6 heteroatoms. The summed E-state index contributed by atoms with van der Waals surface area (Å²) < 4.78 is 13.9. The Hall–Kier alpha value is -2.86. The first-order valence-electron chi connectivity index (χ1n) is 7.91. The third-order valence-corrected chi connectivity index (χ3v) is 4.03. The number of aromatic nitrogens is 2. The second-order valence-electron chi connectivity index (χ2n) is 5.85. The van der Waals surface area contributed by atoms with Crippen molar-refractivity contribution in [1.82, 2.24) is 15.3 Å². The van der Waals surface area contributed by atoms with Gasteiger partial charge in [-0.1, -0.05) is 30.3 Å². The molecule has 0 aliphatic heterocycles. The van der Waals surface area contributed by atoms with Crippen LogP contribution in [-0.2, 0) is 0 Å². The number of nitrogens with one attached hydrogen (secondary N) is 1. The molecule has 25 heavy (non-hydrogen) atoms. The first kappa shape index (κ1) is 17.0. The molecule has 1 amide bonds. The summed E-state index contributed by atoms with van der Waals surface area (Å²) in [4.78, 5) is 21.1. The van der Waals surface area contributed by atoms with E-state index >= 15 is 0 Å². The van der Waals surface area contributed by atoms with Crippen molar-refractivity contribution in [3.63, 3.8) is 0 Å². The summed E-state index contributed by atoms with van der Waals surface area (Å²) in [5.41, 5.74) is 2.83. The lowest BCUT2D eigenvalue weighted by Gasteiger charge is -2.13. The molecule has 128 valence electrons. The minimum Gasteiger partial charge on any atom is -0.387 e. The summed E-state index contributed by atoms with van der Waals surface area (Å²) in [5.74, 6) is -1.06. The molecule has 0 saturated heterocycles. The van der Waals surface area contributed by atoms with Gasteiger partial charge in [-0.3, -0.25) is 4.79 Å². The number of aliphatic hydroxyl groups is 1. The van der Waals surface area contributed by atoms with Crippen LogP contribution in [0.2, 0.25) is 0 Å². The van der Waals surface area contributed by atoms with Crippen LogP contribution in [0.15, 0.2) is 42.5 Å². The zero-order valence-electron chi connectivity index (χ0n) is 14.0. The highest BCUT2D eigenvalue weighted by molar-refractivity contribution is 6.04. The first-order chi connectivity index (χ1) is 12.0. The molecule has 0 aliphatic carbocycles. The van der Waals surface area contributed by atoms with E-state index < -0.39 is 17.8 Å². The molecule has 2 aromatic carbocycles. The SMILES string of the molecule is Cc1nc2cc(F)cc(C(=O)NCC(O)c3ccccc3)c2nc1C. The number of aliphatic hydroxyl groups excluding tert-OH is 1. The standard InChI is InChI=1S/C19H18FN3O2/c1-11-12(2)23-18-15(8-14(20)9-16(18)22-11)19(25)21-10-17(24)13-6-4-3-5-7-13/h3-9,17,24H,10H2,1-2H3,(H,21,25). The van der Waals surface area contributed by atoms with Crippen LogP contribution in [-0.4, -0.2) is 27.5 Å². The Labute approximate surface area is 144 Å². The first-order valence-corrected chi connectivity index (χ1v) is 7.91. The average Bonchev–Trinajstić information content (AvgIpc) is 2.61. The Kier molecular flexibility index (Phi) is 4.72. The molecular formula is C19H18FN3O2. The monoisotopic (exact) mass is 339 g/mol. The van der Waals surface area contributed by atoms with E-state index in [0.717, 1.165) is 6.07 Å². The fraction of sp³-hybridized carbons (Fsp3) is 0.211. The lowest BCUT2D eigenvalue weighted by molar-refractivity contribution is 0.0917. The number of hydrogen-bond donors (Lipinski definition) is 2. The van der Waals surface area contributed by atoms with Crippen molar-refractivity contribution < 1.29 is 14.3 Å². The molecule has 3 rings (SSSR count). The van der Waals surface area contributed by atoms with Gasteiger partial charge in [0.1, 0.15) is 11.3 Å². The largest absolute Gasteiger partial charge is 0.387 e. The lowest BCUT2D eigenvalue weighted by atomic mass is 10.1. The third kappa shape index (κ3) is 3.64. The van der Waals surface area contributed by atoms with Crippen LogP contribution in [0.25, 0.3) is 11.0 Å². The molecule has 0 aliphatic rings. The van der Waals surface area contributed by atoms with Crippen molar-refractivity contribution in [3.8, 4) is 0 Å². The molecule has 3 aromatic rings. The predicted octanol–water partition coefficient (Wildman–Crippen LogP) is 2.85. The Morgan fingerprint density at radius 2 is 1.84 bits per heavy atom. The van der Waals surface area contributed by atoms with Gasteiger partial charge in [0.25, 0.3) is 5.91 Å². The van der Waals surface area contributed by atoms with Crippen molar-refractivity contribution in [3.05, 3.63) is 70.8 Å². The summed E-state index contributed by atoms with van der Waals surface area (Å²) in [6, 6.07) is 11.4. The van der Waals surface area contributed by atoms with Gasteiger partial charge >= 0.3 is 0 Å². The molecule has 0 spiro atoms. The van der Waals surface area contributed by atoms with Crippen molar-refractivity contribution in [2.45, 2.75) is 20.0 Å². The summed E-state index contributed by atoms with van der Waals surface area (Å²) >= 11 is 0. The van der Waals surface area contributed by atoms with Crippen molar-refractivity contribution >= 4 is 16.9 Å². The van der Waals surface area contributed by atoms with Gasteiger partial charge in [0, 0.05) is 12.6 Å². The van der Waals surface area contributed by atoms with Crippen LogP contribution in [0.1, 0.15) is 33.4 Å². The van der Waals surface area contributed by atoms with Gasteiger partial charge in [-0.05, 0) is 25.5 Å². The fourth-order valence-corrected chi connectivity index (χ4v) is 2.55. The van der Waals surface area contributed by atoms with Crippen molar-refractivity contribution in [2.24, 2.45) is 0 Å². The number of halogens is 1. The van der Waals surface area contributed by atoms with E-state index in [1.807, 2.05) is 6.07 Å². The van der Waals surface area contributed by atoms with Crippen LogP contribution in [0, 0.1) is 19.7 Å². The zero-order valence-corrected chi connectivity index (χ0v) is 14.0. The number of carbonyl (C=O) groups is 1. The molecular weight excluding hydrogens is 321 g/mol. The maximum atomic E-state index is 13.9. The smallest absolute Gasteiger partial charge is 0.253 e. The van der Waals surface area contributed by atoms with Crippen LogP contribution in [0.4, 0.5) is 4.39 Å². The Balaban J connectivity index is 1.86. The fourth-order valence-electron chi connectivity index (χ4n) is 2.55. The molecule has 0 fully saturated rings. The highest BCUT2D eigenvalue weighted by Gasteiger charge is 2.17. The van der Waals surface area contributed by atoms with Gasteiger partial charge in [0.15, 0.2) is 0 Å². The Morgan fingerprint density at radius 1 is 1.16 bits per heavy atom. The van der Waals surface area contributed by atoms with E-state index in [0.29, 0.717) is 28.0 Å². The van der Waals surface area contributed by atoms with Gasteiger partial charge in [-0.2, -0.15) is 0 Å². The van der Waals surface area contributed by atoms with Gasteiger partial charge in [-0.15, -0.1) is 0 Å². The van der Waals surface area contributed by atoms with Crippen molar-refractivity contribution in [1.29, 1.82) is 0 Å². The van der Waals surface area contributed by atoms with Crippen LogP contribution < -0.4 is 5.32 Å². The average molecular weight is 339 g/mol. The molecule has 1 heterocycles. The van der Waals surface area contributed by atoms with Gasteiger partial charge in [0.2, 0.25) is 0 Å². The predicted molar refractivity (Wildman–Crippen MR) is 92.7 cm³/mol. The topological polar surface area (TPSA) is 75.1 Å². The van der Waals surface area contributed by atoms with Gasteiger partial charge in [-0.25, -0.2) is 14.4 Å². The summed E-state index contributed by atoms with van der Waals surface area (Å²) in [7, 11) is 0. The second-order valence-corrected chi connectivity index (χ2v) is 5.85. The van der Waals surface area contributed by atoms with E-state index in [2.05, 4.69) is 15.3 Å². The zero-order chi connectivity index (χ0) is 18.0. The lowest BCUT2D eigenvalue weighted by Crippen LogP contribution is -2.28. The summed E-state index contributed by atoms with van der Waals surface area (Å²) in [5, 5.41) is 12.8. The summed E-state index contributed by atoms with van der Waals surface area (Å²) in [6.07, 6.45) is -0.847. The van der Waals surface area contributed by atoms with E-state index in [4.69, 9.17) is 0 Å². The van der Waals surface area contributed by atoms with Crippen LogP contribution >= 0.6 is 0 Å². The molecule has 1 atom stereocenters. The van der Waals surface area contributed by atoms with E-state index in [9.17, 15) is 14.3 Å². The number of aryl methyl sites for hydroxylation is 2. The Bertz CT molecular complexity index is 929. The summed E-state index contributed by atoms with van der Waals surface area (Å²) in [6.45, 7) is 3.58. The van der Waals surface area contributed by atoms with E-state index in [1.165, 1.54) is 6.07 Å². The van der Waals surface area contributed by atoms with Gasteiger partial charge < -0.3 is 10.4 Å². The number of benzene rings is 2. The number of amides is 1. The molecule has 5 nitrogen and oxygen atoms in total. The molecule has 1 aromatic heterocycles. The Morgan fingerprint density at radius 3 is 2.56 bits per heavy atom. The second kappa shape index (κ2) is 6.94. The minimum atomic E-state index is -0.847. The number of carbonyl (C=O) groups excluding carboxylic acids is 1. The highest BCUT2D eigenvalue weighted by atomic mass is 19.1. The maximum Gasteiger partial charge on any atom is 0.253 e. The quantitative estimate of drug-likeness (QED) is 0.766. The molecule has 0 radical (unpaired) electrons. The van der Waals surface area contributed by atoms with E-state index in [-0.39, 0.29) is 12.1 Å². The van der Waals surface area contributed by atoms with Crippen molar-refractivity contribution in [2.75, 3.05) is 6.54 Å². The van der Waals surface area contributed by atoms with E-state index in [1.54, 1.807) is 38.1 Å². The molecule has 0 bridgehead atoms. The number of rotatable bonds is 4. The highest BCUT2D eigenvalue weighted by Crippen LogP contribution is 2.19. The number of hydrogen-bond acceptors (Lipinski definition) is 4. The van der Waals surface area contributed by atoms with Gasteiger partial charge in [0.05, 0.1) is 28.6 Å². The molecule has 0 saturated carbocycles. The maximum absolute atomic E-state index is 13.9. The number of fused-ring (bicyclic) bond motifs is 1.